The van der Waals surface area contributed by atoms with Crippen molar-refractivity contribution in [2.45, 2.75) is 12.8 Å². The number of allylic oxidation sites excluding steroid dienone is 4. The van der Waals surface area contributed by atoms with Gasteiger partial charge in [-0.2, -0.15) is 0 Å². The molecule has 0 amide bonds. The van der Waals surface area contributed by atoms with Gasteiger partial charge in [0.15, 0.2) is 5.78 Å². The predicted octanol–water partition coefficient (Wildman–Crippen LogP) is 5.94. The molecule has 28 heavy (non-hydrogen) atoms. The van der Waals surface area contributed by atoms with Crippen molar-refractivity contribution in [2.24, 2.45) is 0 Å². The summed E-state index contributed by atoms with van der Waals surface area (Å²) in [5, 5.41) is 0. The van der Waals surface area contributed by atoms with Crippen molar-refractivity contribution in [3.8, 4) is 11.5 Å². The van der Waals surface area contributed by atoms with Gasteiger partial charge in [-0.1, -0.05) is 49.6 Å². The zero-order valence-corrected chi connectivity index (χ0v) is 16.1. The summed E-state index contributed by atoms with van der Waals surface area (Å²) >= 11 is 0. The van der Waals surface area contributed by atoms with Gasteiger partial charge in [-0.25, -0.2) is 0 Å². The summed E-state index contributed by atoms with van der Waals surface area (Å²) in [5.74, 6) is 1.47. The molecule has 0 aliphatic heterocycles. The molecule has 0 unspecified atom stereocenters. The van der Waals surface area contributed by atoms with Crippen LogP contribution < -0.4 is 9.47 Å². The second kappa shape index (κ2) is 12.1. The highest BCUT2D eigenvalue weighted by atomic mass is 16.5. The molecular formula is C25H26O3. The van der Waals surface area contributed by atoms with E-state index >= 15 is 0 Å². The van der Waals surface area contributed by atoms with Crippen molar-refractivity contribution in [3.05, 3.63) is 109 Å². The fourth-order valence-corrected chi connectivity index (χ4v) is 2.45. The second-order valence-corrected chi connectivity index (χ2v) is 5.98. The number of hydrogen-bond donors (Lipinski definition) is 0. The standard InChI is InChI=1S/C25H26O3/c1-3-5-7-9-19-27-23-15-11-21(12-16-23)25(26)22-13-17-24(18-14-22)28-20-10-8-6-4-2/h3-8,11-18H,1-2,9-10,19-20H2/b7-5+,8-6+. The molecule has 0 aliphatic carbocycles. The minimum atomic E-state index is -0.0269. The van der Waals surface area contributed by atoms with E-state index in [1.165, 1.54) is 0 Å². The van der Waals surface area contributed by atoms with Gasteiger partial charge in [0.25, 0.3) is 0 Å². The first-order chi connectivity index (χ1) is 13.7. The van der Waals surface area contributed by atoms with Crippen LogP contribution in [0.25, 0.3) is 0 Å². The van der Waals surface area contributed by atoms with Gasteiger partial charge < -0.3 is 9.47 Å². The third-order valence-electron chi connectivity index (χ3n) is 3.88. The first-order valence-corrected chi connectivity index (χ1v) is 9.30. The van der Waals surface area contributed by atoms with E-state index in [0.717, 1.165) is 24.3 Å². The Labute approximate surface area is 167 Å². The van der Waals surface area contributed by atoms with Crippen LogP contribution in [-0.2, 0) is 0 Å². The zero-order chi connectivity index (χ0) is 20.0. The molecule has 0 saturated carbocycles. The number of carbonyl (C=O) groups excluding carboxylic acids is 1. The average molecular weight is 374 g/mol. The maximum absolute atomic E-state index is 12.6. The predicted molar refractivity (Wildman–Crippen MR) is 115 cm³/mol. The normalized spacial score (nSPS) is 10.9. The van der Waals surface area contributed by atoms with Crippen LogP contribution in [0, 0.1) is 0 Å². The van der Waals surface area contributed by atoms with Gasteiger partial charge >= 0.3 is 0 Å². The van der Waals surface area contributed by atoms with Gasteiger partial charge in [-0.3, -0.25) is 4.79 Å². The number of ether oxygens (including phenoxy) is 2. The quantitative estimate of drug-likeness (QED) is 0.262. The molecule has 0 heterocycles. The van der Waals surface area contributed by atoms with Gasteiger partial charge in [-0.15, -0.1) is 0 Å². The molecule has 0 radical (unpaired) electrons. The van der Waals surface area contributed by atoms with Crippen LogP contribution in [0.3, 0.4) is 0 Å². The molecule has 0 spiro atoms. The lowest BCUT2D eigenvalue weighted by atomic mass is 10.0. The first-order valence-electron chi connectivity index (χ1n) is 9.30. The van der Waals surface area contributed by atoms with Crippen molar-refractivity contribution >= 4 is 5.78 Å². The highest BCUT2D eigenvalue weighted by Gasteiger charge is 2.09. The summed E-state index contributed by atoms with van der Waals surface area (Å²) in [6, 6.07) is 14.4. The molecule has 0 aromatic heterocycles. The van der Waals surface area contributed by atoms with E-state index < -0.39 is 0 Å². The van der Waals surface area contributed by atoms with Crippen molar-refractivity contribution in [2.75, 3.05) is 13.2 Å². The summed E-state index contributed by atoms with van der Waals surface area (Å²) in [6.07, 6.45) is 12.9. The van der Waals surface area contributed by atoms with Crippen LogP contribution in [0.5, 0.6) is 11.5 Å². The van der Waals surface area contributed by atoms with Gasteiger partial charge in [0.2, 0.25) is 0 Å². The van der Waals surface area contributed by atoms with E-state index in [-0.39, 0.29) is 5.78 Å². The second-order valence-electron chi connectivity index (χ2n) is 5.98. The van der Waals surface area contributed by atoms with Crippen molar-refractivity contribution in [3.63, 3.8) is 0 Å². The molecule has 2 aromatic carbocycles. The molecule has 3 heteroatoms. The maximum Gasteiger partial charge on any atom is 0.193 e. The Morgan fingerprint density at radius 2 is 1.11 bits per heavy atom. The maximum atomic E-state index is 12.6. The lowest BCUT2D eigenvalue weighted by Gasteiger charge is -2.07. The average Bonchev–Trinajstić information content (AvgIpc) is 2.74. The minimum Gasteiger partial charge on any atom is -0.493 e. The van der Waals surface area contributed by atoms with E-state index in [0.29, 0.717) is 24.3 Å². The Hall–Kier alpha value is -3.33. The number of benzene rings is 2. The Balaban J connectivity index is 1.87. The molecule has 144 valence electrons. The Kier molecular flexibility index (Phi) is 9.09. The van der Waals surface area contributed by atoms with E-state index in [1.54, 1.807) is 36.4 Å². The molecule has 0 atom stereocenters. The Morgan fingerprint density at radius 1 is 0.714 bits per heavy atom. The molecular weight excluding hydrogens is 348 g/mol. The van der Waals surface area contributed by atoms with Crippen molar-refractivity contribution in [1.29, 1.82) is 0 Å². The molecule has 0 bridgehead atoms. The summed E-state index contributed by atoms with van der Waals surface area (Å²) in [4.78, 5) is 12.6. The SMILES string of the molecule is C=C/C=C/CCOc1ccc(C(=O)c2ccc(OCC/C=C/C=C)cc2)cc1. The molecule has 2 aromatic rings. The third kappa shape index (κ3) is 7.12. The summed E-state index contributed by atoms with van der Waals surface area (Å²) in [5.41, 5.74) is 1.25. The summed E-state index contributed by atoms with van der Waals surface area (Å²) in [7, 11) is 0. The highest BCUT2D eigenvalue weighted by Crippen LogP contribution is 2.18. The van der Waals surface area contributed by atoms with E-state index in [2.05, 4.69) is 13.2 Å². The first kappa shape index (κ1) is 21.0. The van der Waals surface area contributed by atoms with Crippen LogP contribution in [-0.4, -0.2) is 19.0 Å². The third-order valence-corrected chi connectivity index (χ3v) is 3.88. The minimum absolute atomic E-state index is 0.0269. The van der Waals surface area contributed by atoms with Gasteiger partial charge in [0.05, 0.1) is 13.2 Å². The Bertz CT molecular complexity index is 742. The number of ketones is 1. The van der Waals surface area contributed by atoms with E-state index in [9.17, 15) is 4.79 Å². The number of rotatable bonds is 12. The summed E-state index contributed by atoms with van der Waals surface area (Å²) in [6.45, 7) is 8.42. The fourth-order valence-electron chi connectivity index (χ4n) is 2.45. The molecule has 2 rings (SSSR count). The Morgan fingerprint density at radius 3 is 1.46 bits per heavy atom. The van der Waals surface area contributed by atoms with Crippen LogP contribution in [0.4, 0.5) is 0 Å². The molecule has 0 aliphatic rings. The molecule has 3 nitrogen and oxygen atoms in total. The smallest absolute Gasteiger partial charge is 0.193 e. The van der Waals surface area contributed by atoms with Crippen LogP contribution in [0.1, 0.15) is 28.8 Å². The van der Waals surface area contributed by atoms with Gasteiger partial charge in [-0.05, 0) is 61.4 Å². The topological polar surface area (TPSA) is 35.5 Å². The lowest BCUT2D eigenvalue weighted by molar-refractivity contribution is 0.103. The largest absolute Gasteiger partial charge is 0.493 e. The van der Waals surface area contributed by atoms with Crippen LogP contribution in [0.15, 0.2) is 98.1 Å². The number of hydrogen-bond acceptors (Lipinski definition) is 3. The van der Waals surface area contributed by atoms with Crippen LogP contribution >= 0.6 is 0 Å². The van der Waals surface area contributed by atoms with E-state index in [1.807, 2.05) is 48.6 Å². The van der Waals surface area contributed by atoms with Crippen molar-refractivity contribution in [1.82, 2.24) is 0 Å². The molecule has 0 N–H and O–H groups in total. The molecule has 0 saturated heterocycles. The van der Waals surface area contributed by atoms with Gasteiger partial charge in [0, 0.05) is 11.1 Å². The zero-order valence-electron chi connectivity index (χ0n) is 16.1. The fraction of sp³-hybridized carbons (Fsp3) is 0.160. The highest BCUT2D eigenvalue weighted by molar-refractivity contribution is 6.09. The van der Waals surface area contributed by atoms with Gasteiger partial charge in [0.1, 0.15) is 11.5 Å². The summed E-state index contributed by atoms with van der Waals surface area (Å²) < 4.78 is 11.3. The van der Waals surface area contributed by atoms with Crippen molar-refractivity contribution < 1.29 is 14.3 Å². The van der Waals surface area contributed by atoms with Crippen LogP contribution in [0.2, 0.25) is 0 Å². The number of carbonyl (C=O) groups is 1. The molecule has 0 fully saturated rings. The van der Waals surface area contributed by atoms with E-state index in [4.69, 9.17) is 9.47 Å². The lowest BCUT2D eigenvalue weighted by Crippen LogP contribution is -2.02. The monoisotopic (exact) mass is 374 g/mol.